The van der Waals surface area contributed by atoms with E-state index in [1.165, 1.54) is 12.1 Å². The minimum absolute atomic E-state index is 0.0463. The van der Waals surface area contributed by atoms with Gasteiger partial charge in [0.15, 0.2) is 11.5 Å². The molecule has 4 rings (SSSR count). The summed E-state index contributed by atoms with van der Waals surface area (Å²) in [5.41, 5.74) is 1.49. The van der Waals surface area contributed by atoms with E-state index in [-0.39, 0.29) is 24.2 Å². The fraction of sp³-hybridized carbons (Fsp3) is 0.318. The minimum Gasteiger partial charge on any atom is -0.493 e. The van der Waals surface area contributed by atoms with Crippen LogP contribution in [0.25, 0.3) is 11.4 Å². The molecule has 0 radical (unpaired) electrons. The number of carbonyl (C=O) groups excluding carboxylic acids is 1. The molecule has 8 heteroatoms. The molecule has 2 aromatic carbocycles. The third-order valence-electron chi connectivity index (χ3n) is 5.21. The zero-order chi connectivity index (χ0) is 21.1. The third-order valence-corrected chi connectivity index (χ3v) is 5.21. The molecule has 30 heavy (non-hydrogen) atoms. The van der Waals surface area contributed by atoms with Crippen molar-refractivity contribution in [1.82, 2.24) is 15.0 Å². The van der Waals surface area contributed by atoms with E-state index in [2.05, 4.69) is 10.1 Å². The van der Waals surface area contributed by atoms with Crippen molar-refractivity contribution in [2.24, 2.45) is 0 Å². The van der Waals surface area contributed by atoms with Gasteiger partial charge < -0.3 is 18.9 Å². The molecule has 1 atom stereocenters. The lowest BCUT2D eigenvalue weighted by molar-refractivity contribution is -0.131. The molecule has 1 saturated heterocycles. The molecule has 0 spiro atoms. The van der Waals surface area contributed by atoms with Crippen molar-refractivity contribution in [1.29, 1.82) is 0 Å². The van der Waals surface area contributed by atoms with Crippen LogP contribution in [0.4, 0.5) is 4.39 Å². The van der Waals surface area contributed by atoms with Crippen LogP contribution in [-0.2, 0) is 11.2 Å². The number of ether oxygens (including phenoxy) is 2. The molecule has 0 saturated carbocycles. The second-order valence-corrected chi connectivity index (χ2v) is 7.07. The largest absolute Gasteiger partial charge is 0.493 e. The van der Waals surface area contributed by atoms with Gasteiger partial charge in [0.25, 0.3) is 0 Å². The Morgan fingerprint density at radius 3 is 2.67 bits per heavy atom. The lowest BCUT2D eigenvalue weighted by atomic mass is 10.1. The van der Waals surface area contributed by atoms with Crippen molar-refractivity contribution in [2.45, 2.75) is 25.3 Å². The van der Waals surface area contributed by atoms with Crippen LogP contribution in [-0.4, -0.2) is 41.7 Å². The number of carbonyl (C=O) groups is 1. The maximum atomic E-state index is 13.1. The standard InChI is InChI=1S/C22H22FN3O4/c1-28-18-10-7-15(13-19(18)29-2)21-24-22(30-25-21)17-4-3-11-26(17)20(27)12-14-5-8-16(23)9-6-14/h5-10,13,17H,3-4,11-12H2,1-2H3. The topological polar surface area (TPSA) is 77.7 Å². The van der Waals surface area contributed by atoms with E-state index >= 15 is 0 Å². The van der Waals surface area contributed by atoms with Gasteiger partial charge in [0, 0.05) is 12.1 Å². The van der Waals surface area contributed by atoms with E-state index in [1.807, 2.05) is 6.07 Å². The second-order valence-electron chi connectivity index (χ2n) is 7.07. The molecular formula is C22H22FN3O4. The summed E-state index contributed by atoms with van der Waals surface area (Å²) in [5.74, 6) is 1.64. The SMILES string of the molecule is COc1ccc(-c2noc(C3CCCN3C(=O)Cc3ccc(F)cc3)n2)cc1OC. The Morgan fingerprint density at radius 1 is 1.17 bits per heavy atom. The zero-order valence-electron chi connectivity index (χ0n) is 16.8. The summed E-state index contributed by atoms with van der Waals surface area (Å²) in [6, 6.07) is 11.1. The fourth-order valence-electron chi connectivity index (χ4n) is 3.66. The molecule has 1 aliphatic heterocycles. The summed E-state index contributed by atoms with van der Waals surface area (Å²) < 4.78 is 29.2. The van der Waals surface area contributed by atoms with Crippen molar-refractivity contribution in [2.75, 3.05) is 20.8 Å². The molecule has 1 aromatic heterocycles. The Bertz CT molecular complexity index is 1040. The predicted molar refractivity (Wildman–Crippen MR) is 107 cm³/mol. The van der Waals surface area contributed by atoms with Crippen molar-refractivity contribution < 1.29 is 23.2 Å². The molecule has 0 aliphatic carbocycles. The zero-order valence-corrected chi connectivity index (χ0v) is 16.8. The molecular weight excluding hydrogens is 389 g/mol. The van der Waals surface area contributed by atoms with Crippen LogP contribution in [0.2, 0.25) is 0 Å². The Hall–Kier alpha value is -3.42. The summed E-state index contributed by atoms with van der Waals surface area (Å²) >= 11 is 0. The summed E-state index contributed by atoms with van der Waals surface area (Å²) in [7, 11) is 3.13. The monoisotopic (exact) mass is 411 g/mol. The number of aromatic nitrogens is 2. The van der Waals surface area contributed by atoms with E-state index in [0.717, 1.165) is 24.0 Å². The molecule has 0 bridgehead atoms. The van der Waals surface area contributed by atoms with Crippen molar-refractivity contribution in [3.8, 4) is 22.9 Å². The van der Waals surface area contributed by atoms with Crippen LogP contribution in [0.3, 0.4) is 0 Å². The quantitative estimate of drug-likeness (QED) is 0.614. The van der Waals surface area contributed by atoms with Gasteiger partial charge in [0.1, 0.15) is 11.9 Å². The highest BCUT2D eigenvalue weighted by atomic mass is 19.1. The lowest BCUT2D eigenvalue weighted by Crippen LogP contribution is -2.32. The summed E-state index contributed by atoms with van der Waals surface area (Å²) in [6.45, 7) is 0.624. The van der Waals surface area contributed by atoms with Gasteiger partial charge in [0.05, 0.1) is 20.6 Å². The first kappa shape index (κ1) is 19.9. The fourth-order valence-corrected chi connectivity index (χ4v) is 3.66. The molecule has 1 aliphatic rings. The Balaban J connectivity index is 1.52. The first-order valence-electron chi connectivity index (χ1n) is 9.69. The summed E-state index contributed by atoms with van der Waals surface area (Å²) in [5, 5.41) is 4.09. The number of nitrogens with zero attached hydrogens (tertiary/aromatic N) is 3. The van der Waals surface area contributed by atoms with Crippen LogP contribution >= 0.6 is 0 Å². The van der Waals surface area contributed by atoms with E-state index in [1.54, 1.807) is 43.4 Å². The number of benzene rings is 2. The van der Waals surface area contributed by atoms with Gasteiger partial charge in [-0.3, -0.25) is 4.79 Å². The number of methoxy groups -OCH3 is 2. The first-order valence-corrected chi connectivity index (χ1v) is 9.69. The molecule has 7 nitrogen and oxygen atoms in total. The summed E-state index contributed by atoms with van der Waals surface area (Å²) in [6.07, 6.45) is 1.81. The Kier molecular flexibility index (Phi) is 5.65. The van der Waals surface area contributed by atoms with Crippen LogP contribution < -0.4 is 9.47 Å². The number of amides is 1. The molecule has 0 N–H and O–H groups in total. The maximum Gasteiger partial charge on any atom is 0.249 e. The van der Waals surface area contributed by atoms with Crippen molar-refractivity contribution in [3.05, 3.63) is 59.7 Å². The lowest BCUT2D eigenvalue weighted by Gasteiger charge is -2.21. The highest BCUT2D eigenvalue weighted by molar-refractivity contribution is 5.79. The number of hydrogen-bond acceptors (Lipinski definition) is 6. The number of likely N-dealkylation sites (tertiary alicyclic amines) is 1. The molecule has 2 heterocycles. The number of halogens is 1. The van der Waals surface area contributed by atoms with Gasteiger partial charge in [0.2, 0.25) is 17.6 Å². The van der Waals surface area contributed by atoms with Gasteiger partial charge in [-0.1, -0.05) is 17.3 Å². The molecule has 1 amide bonds. The average Bonchev–Trinajstić information content (AvgIpc) is 3.44. The van der Waals surface area contributed by atoms with Gasteiger partial charge in [-0.25, -0.2) is 4.39 Å². The van der Waals surface area contributed by atoms with Crippen LogP contribution in [0.5, 0.6) is 11.5 Å². The first-order chi connectivity index (χ1) is 14.6. The van der Waals surface area contributed by atoms with E-state index in [9.17, 15) is 9.18 Å². The smallest absolute Gasteiger partial charge is 0.249 e. The molecule has 3 aromatic rings. The predicted octanol–water partition coefficient (Wildman–Crippen LogP) is 3.80. The highest BCUT2D eigenvalue weighted by Crippen LogP contribution is 2.34. The summed E-state index contributed by atoms with van der Waals surface area (Å²) in [4.78, 5) is 19.1. The average molecular weight is 411 g/mol. The van der Waals surface area contributed by atoms with Crippen molar-refractivity contribution >= 4 is 5.91 Å². The minimum atomic E-state index is -0.321. The van der Waals surface area contributed by atoms with E-state index < -0.39 is 0 Å². The second kappa shape index (κ2) is 8.52. The molecule has 156 valence electrons. The highest BCUT2D eigenvalue weighted by Gasteiger charge is 2.34. The number of hydrogen-bond donors (Lipinski definition) is 0. The van der Waals surface area contributed by atoms with Gasteiger partial charge in [-0.15, -0.1) is 0 Å². The molecule has 1 fully saturated rings. The maximum absolute atomic E-state index is 13.1. The Morgan fingerprint density at radius 2 is 1.93 bits per heavy atom. The van der Waals surface area contributed by atoms with Crippen LogP contribution in [0.1, 0.15) is 30.3 Å². The van der Waals surface area contributed by atoms with Gasteiger partial charge in [-0.05, 0) is 48.7 Å². The number of rotatable bonds is 6. The Labute approximate surface area is 173 Å². The molecule has 1 unspecified atom stereocenters. The van der Waals surface area contributed by atoms with E-state index in [4.69, 9.17) is 14.0 Å². The third kappa shape index (κ3) is 3.98. The van der Waals surface area contributed by atoms with E-state index in [0.29, 0.717) is 29.8 Å². The van der Waals surface area contributed by atoms with Crippen LogP contribution in [0, 0.1) is 5.82 Å². The van der Waals surface area contributed by atoms with Crippen LogP contribution in [0.15, 0.2) is 47.0 Å². The van der Waals surface area contributed by atoms with Crippen molar-refractivity contribution in [3.63, 3.8) is 0 Å². The van der Waals surface area contributed by atoms with Gasteiger partial charge in [-0.2, -0.15) is 4.98 Å². The normalized spacial score (nSPS) is 16.0. The van der Waals surface area contributed by atoms with Gasteiger partial charge >= 0.3 is 0 Å².